The van der Waals surface area contributed by atoms with E-state index in [2.05, 4.69) is 16.3 Å². The van der Waals surface area contributed by atoms with Crippen molar-refractivity contribution in [1.29, 1.82) is 5.26 Å². The largest absolute Gasteiger partial charge is 0.272 e. The Hall–Kier alpha value is -3.53. The predicted molar refractivity (Wildman–Crippen MR) is 117 cm³/mol. The van der Waals surface area contributed by atoms with Crippen LogP contribution in [0.25, 0.3) is 10.9 Å². The minimum Gasteiger partial charge on any atom is -0.272 e. The van der Waals surface area contributed by atoms with Crippen molar-refractivity contribution < 1.29 is 9.18 Å². The van der Waals surface area contributed by atoms with Crippen molar-refractivity contribution in [3.05, 3.63) is 65.1 Å². The number of nitriles is 1. The molecule has 2 heterocycles. The van der Waals surface area contributed by atoms with E-state index in [0.717, 1.165) is 42.3 Å². The highest BCUT2D eigenvalue weighted by molar-refractivity contribution is 5.88. The highest BCUT2D eigenvalue weighted by Gasteiger charge is 2.72. The molecule has 1 amide bonds. The standard InChI is InChI=1S/C25H22FN5O/c1-16-2-4-18(9-20(16)26)22-6-7-28-31(22)23(32)25-12-24(13-25,14-25)15-30-21-5-3-17(10-27)8-19(21)11-29-30/h2-5,7-9,11,22H,6,12-15H2,1H3. The summed E-state index contributed by atoms with van der Waals surface area (Å²) in [6.07, 6.45) is 6.66. The maximum absolute atomic E-state index is 14.1. The van der Waals surface area contributed by atoms with Gasteiger partial charge in [0, 0.05) is 24.6 Å². The quantitative estimate of drug-likeness (QED) is 0.616. The summed E-state index contributed by atoms with van der Waals surface area (Å²) in [7, 11) is 0. The van der Waals surface area contributed by atoms with Crippen LogP contribution in [0.15, 0.2) is 47.7 Å². The van der Waals surface area contributed by atoms with E-state index < -0.39 is 0 Å². The molecule has 160 valence electrons. The van der Waals surface area contributed by atoms with Gasteiger partial charge in [-0.3, -0.25) is 9.48 Å². The van der Waals surface area contributed by atoms with Gasteiger partial charge in [-0.2, -0.15) is 15.5 Å². The Balaban J connectivity index is 1.17. The van der Waals surface area contributed by atoms with E-state index in [1.54, 1.807) is 30.4 Å². The number of fused-ring (bicyclic) bond motifs is 1. The van der Waals surface area contributed by atoms with Crippen LogP contribution in [-0.2, 0) is 11.3 Å². The Morgan fingerprint density at radius 2 is 2.06 bits per heavy atom. The van der Waals surface area contributed by atoms with E-state index >= 15 is 0 Å². The molecule has 1 aromatic heterocycles. The SMILES string of the molecule is Cc1ccc(C2CC=NN2C(=O)C23CC(Cn4ncc5cc(C#N)ccc54)(C2)C3)cc1F. The molecule has 1 aliphatic heterocycles. The molecule has 3 fully saturated rings. The van der Waals surface area contributed by atoms with Gasteiger partial charge in [0.05, 0.1) is 34.8 Å². The molecule has 2 aromatic carbocycles. The zero-order valence-electron chi connectivity index (χ0n) is 17.8. The van der Waals surface area contributed by atoms with E-state index in [9.17, 15) is 9.18 Å². The van der Waals surface area contributed by atoms with Crippen LogP contribution in [0.1, 0.15) is 48.4 Å². The molecule has 1 atom stereocenters. The summed E-state index contributed by atoms with van der Waals surface area (Å²) in [6, 6.07) is 12.7. The minimum atomic E-state index is -0.347. The first-order valence-electron chi connectivity index (χ1n) is 10.9. The first-order valence-corrected chi connectivity index (χ1v) is 10.9. The second-order valence-corrected chi connectivity index (χ2v) is 9.71. The number of hydrazone groups is 1. The van der Waals surface area contributed by atoms with Gasteiger partial charge in [0.2, 0.25) is 5.91 Å². The molecule has 0 radical (unpaired) electrons. The Morgan fingerprint density at radius 1 is 1.25 bits per heavy atom. The van der Waals surface area contributed by atoms with Gasteiger partial charge in [0.25, 0.3) is 0 Å². The number of hydrogen-bond donors (Lipinski definition) is 0. The molecule has 0 saturated heterocycles. The number of rotatable bonds is 4. The van der Waals surface area contributed by atoms with Crippen LogP contribution in [0.2, 0.25) is 0 Å². The predicted octanol–water partition coefficient (Wildman–Crippen LogP) is 4.49. The van der Waals surface area contributed by atoms with Crippen LogP contribution in [0.4, 0.5) is 4.39 Å². The summed E-state index contributed by atoms with van der Waals surface area (Å²) in [4.78, 5) is 13.4. The zero-order valence-corrected chi connectivity index (χ0v) is 17.8. The number of nitrogens with zero attached hydrogens (tertiary/aromatic N) is 5. The molecule has 3 aliphatic carbocycles. The molecule has 0 spiro atoms. The minimum absolute atomic E-state index is 0.0584. The fourth-order valence-electron chi connectivity index (χ4n) is 5.94. The van der Waals surface area contributed by atoms with E-state index in [0.29, 0.717) is 17.5 Å². The Labute approximate surface area is 184 Å². The number of halogens is 1. The molecule has 1 unspecified atom stereocenters. The normalized spacial score (nSPS) is 27.8. The van der Waals surface area contributed by atoms with Gasteiger partial charge in [-0.25, -0.2) is 9.40 Å². The third kappa shape index (κ3) is 2.65. The van der Waals surface area contributed by atoms with Gasteiger partial charge in [0.1, 0.15) is 5.82 Å². The number of amides is 1. The highest BCUT2D eigenvalue weighted by Crippen LogP contribution is 2.74. The summed E-state index contributed by atoms with van der Waals surface area (Å²) in [5, 5.41) is 20.5. The average molecular weight is 427 g/mol. The molecular formula is C25H22FN5O. The maximum Gasteiger partial charge on any atom is 0.249 e. The fraction of sp³-hybridized carbons (Fsp3) is 0.360. The lowest BCUT2D eigenvalue weighted by Crippen LogP contribution is -2.68. The van der Waals surface area contributed by atoms with E-state index in [1.165, 1.54) is 6.07 Å². The third-order valence-corrected chi connectivity index (χ3v) is 7.47. The second-order valence-electron chi connectivity index (χ2n) is 9.71. The molecular weight excluding hydrogens is 405 g/mol. The van der Waals surface area contributed by atoms with Crippen molar-refractivity contribution in [2.75, 3.05) is 0 Å². The molecule has 2 bridgehead atoms. The van der Waals surface area contributed by atoms with Crippen molar-refractivity contribution in [2.24, 2.45) is 15.9 Å². The van der Waals surface area contributed by atoms with Crippen molar-refractivity contribution in [3.8, 4) is 6.07 Å². The topological polar surface area (TPSA) is 74.3 Å². The molecule has 7 rings (SSSR count). The Kier molecular flexibility index (Phi) is 3.89. The monoisotopic (exact) mass is 427 g/mol. The lowest BCUT2D eigenvalue weighted by Gasteiger charge is -2.69. The molecule has 6 nitrogen and oxygen atoms in total. The van der Waals surface area contributed by atoms with Gasteiger partial charge in [-0.1, -0.05) is 12.1 Å². The van der Waals surface area contributed by atoms with E-state index in [4.69, 9.17) is 5.26 Å². The average Bonchev–Trinajstić information content (AvgIpc) is 3.38. The summed E-state index contributed by atoms with van der Waals surface area (Å²) >= 11 is 0. The van der Waals surface area contributed by atoms with Crippen LogP contribution in [-0.4, -0.2) is 26.9 Å². The first kappa shape index (κ1) is 19.2. The van der Waals surface area contributed by atoms with E-state index in [1.807, 2.05) is 28.9 Å². The Bertz CT molecular complexity index is 1330. The molecule has 4 aliphatic rings. The highest BCUT2D eigenvalue weighted by atomic mass is 19.1. The fourth-order valence-corrected chi connectivity index (χ4v) is 5.94. The van der Waals surface area contributed by atoms with Crippen LogP contribution in [0.3, 0.4) is 0 Å². The third-order valence-electron chi connectivity index (χ3n) is 7.47. The number of aryl methyl sites for hydroxylation is 1. The first-order chi connectivity index (χ1) is 15.4. The van der Waals surface area contributed by atoms with Crippen molar-refractivity contribution >= 4 is 23.0 Å². The molecule has 32 heavy (non-hydrogen) atoms. The zero-order chi connectivity index (χ0) is 22.1. The smallest absolute Gasteiger partial charge is 0.249 e. The number of carbonyl (C=O) groups is 1. The van der Waals surface area contributed by atoms with Crippen molar-refractivity contribution in [1.82, 2.24) is 14.8 Å². The van der Waals surface area contributed by atoms with Crippen LogP contribution in [0, 0.1) is 34.9 Å². The lowest BCUT2D eigenvalue weighted by atomic mass is 9.34. The van der Waals surface area contributed by atoms with Crippen LogP contribution >= 0.6 is 0 Å². The van der Waals surface area contributed by atoms with Gasteiger partial charge < -0.3 is 0 Å². The van der Waals surface area contributed by atoms with Crippen LogP contribution in [0.5, 0.6) is 0 Å². The number of aromatic nitrogens is 2. The molecule has 3 aromatic rings. The van der Waals surface area contributed by atoms with Gasteiger partial charge in [0.15, 0.2) is 0 Å². The number of benzene rings is 2. The Morgan fingerprint density at radius 3 is 2.81 bits per heavy atom. The molecule has 0 N–H and O–H groups in total. The summed E-state index contributed by atoms with van der Waals surface area (Å²) in [6.45, 7) is 2.51. The van der Waals surface area contributed by atoms with Crippen LogP contribution < -0.4 is 0 Å². The maximum atomic E-state index is 14.1. The summed E-state index contributed by atoms with van der Waals surface area (Å²) < 4.78 is 16.1. The molecule has 7 heteroatoms. The van der Waals surface area contributed by atoms with Gasteiger partial charge in [-0.15, -0.1) is 0 Å². The number of hydrogen-bond acceptors (Lipinski definition) is 4. The van der Waals surface area contributed by atoms with Gasteiger partial charge >= 0.3 is 0 Å². The number of carbonyl (C=O) groups excluding carboxylic acids is 1. The van der Waals surface area contributed by atoms with Gasteiger partial charge in [-0.05, 0) is 67.0 Å². The summed E-state index contributed by atoms with van der Waals surface area (Å²) in [5.74, 6) is -0.192. The van der Waals surface area contributed by atoms with E-state index in [-0.39, 0.29) is 28.6 Å². The lowest BCUT2D eigenvalue weighted by molar-refractivity contribution is -0.223. The van der Waals surface area contributed by atoms with Crippen molar-refractivity contribution in [3.63, 3.8) is 0 Å². The van der Waals surface area contributed by atoms with Crippen molar-refractivity contribution in [2.45, 2.75) is 45.2 Å². The summed E-state index contributed by atoms with van der Waals surface area (Å²) in [5.41, 5.74) is 2.78. The molecule has 3 saturated carbocycles. The second kappa shape index (κ2) is 6.49.